The summed E-state index contributed by atoms with van der Waals surface area (Å²) in [5.41, 5.74) is 6.31. The van der Waals surface area contributed by atoms with E-state index in [1.807, 2.05) is 0 Å². The Morgan fingerprint density at radius 3 is 2.30 bits per heavy atom. The van der Waals surface area contributed by atoms with Gasteiger partial charge >= 0.3 is 0 Å². The number of carbonyl (C=O) groups excluding carboxylic acids is 1. The van der Waals surface area contributed by atoms with Crippen LogP contribution in [0.3, 0.4) is 0 Å². The average Bonchev–Trinajstić information content (AvgIpc) is 2.32. The molecule has 3 N–H and O–H groups in total. The summed E-state index contributed by atoms with van der Waals surface area (Å²) < 4.78 is 0. The average molecular weight is 340 g/mol. The van der Waals surface area contributed by atoms with Crippen LogP contribution in [-0.2, 0) is 11.2 Å². The summed E-state index contributed by atoms with van der Waals surface area (Å²) in [4.78, 5) is 12.0. The highest BCUT2D eigenvalue weighted by Gasteiger charge is 2.15. The van der Waals surface area contributed by atoms with Crippen molar-refractivity contribution in [2.45, 2.75) is 32.7 Å². The quantitative estimate of drug-likeness (QED) is 0.834. The monoisotopic (exact) mass is 338 g/mol. The van der Waals surface area contributed by atoms with Gasteiger partial charge in [-0.2, -0.15) is 0 Å². The maximum absolute atomic E-state index is 12.0. The third-order valence-corrected chi connectivity index (χ3v) is 3.51. The molecule has 0 fully saturated rings. The number of hydrogen-bond donors (Lipinski definition) is 2. The minimum atomic E-state index is -0.105. The molecular weight excluding hydrogens is 319 g/mol. The molecular formula is C14H21Cl3N2O. The fourth-order valence-electron chi connectivity index (χ4n) is 1.92. The zero-order valence-electron chi connectivity index (χ0n) is 11.7. The minimum absolute atomic E-state index is 0. The first-order valence-electron chi connectivity index (χ1n) is 6.36. The molecule has 0 radical (unpaired) electrons. The van der Waals surface area contributed by atoms with E-state index in [1.54, 1.807) is 18.2 Å². The van der Waals surface area contributed by atoms with Crippen LogP contribution in [0.1, 0.15) is 25.8 Å². The molecule has 3 nitrogen and oxygen atoms in total. The molecule has 0 saturated heterocycles. The molecule has 1 amide bonds. The van der Waals surface area contributed by atoms with Crippen molar-refractivity contribution in [2.24, 2.45) is 11.7 Å². The summed E-state index contributed by atoms with van der Waals surface area (Å²) in [6.07, 6.45) is 1.03. The van der Waals surface area contributed by atoms with Gasteiger partial charge in [0.15, 0.2) is 0 Å². The van der Waals surface area contributed by atoms with Crippen LogP contribution in [0.4, 0.5) is 0 Å². The van der Waals surface area contributed by atoms with Crippen molar-refractivity contribution in [3.8, 4) is 0 Å². The van der Waals surface area contributed by atoms with Crippen molar-refractivity contribution in [1.29, 1.82) is 0 Å². The van der Waals surface area contributed by atoms with E-state index in [1.165, 1.54) is 0 Å². The van der Waals surface area contributed by atoms with Gasteiger partial charge in [-0.1, -0.05) is 43.1 Å². The predicted molar refractivity (Wildman–Crippen MR) is 87.9 cm³/mol. The number of amides is 1. The van der Waals surface area contributed by atoms with E-state index in [9.17, 15) is 4.79 Å². The maximum Gasteiger partial charge on any atom is 0.224 e. The Balaban J connectivity index is 0.00000361. The number of carbonyl (C=O) groups is 1. The maximum atomic E-state index is 12.0. The largest absolute Gasteiger partial charge is 0.352 e. The highest BCUT2D eigenvalue weighted by Crippen LogP contribution is 2.24. The van der Waals surface area contributed by atoms with E-state index < -0.39 is 0 Å². The second-order valence-corrected chi connectivity index (χ2v) is 5.82. The van der Waals surface area contributed by atoms with Crippen molar-refractivity contribution in [3.63, 3.8) is 0 Å². The summed E-state index contributed by atoms with van der Waals surface area (Å²) in [5, 5.41) is 3.94. The number of hydrogen-bond acceptors (Lipinski definition) is 2. The van der Waals surface area contributed by atoms with Gasteiger partial charge in [-0.15, -0.1) is 12.4 Å². The lowest BCUT2D eigenvalue weighted by Crippen LogP contribution is -2.41. The Hall–Kier alpha value is -0.480. The first-order valence-corrected chi connectivity index (χ1v) is 7.12. The van der Waals surface area contributed by atoms with Gasteiger partial charge in [0.05, 0.1) is 6.42 Å². The fourth-order valence-corrected chi connectivity index (χ4v) is 2.45. The first kappa shape index (κ1) is 19.5. The number of benzene rings is 1. The van der Waals surface area contributed by atoms with E-state index >= 15 is 0 Å². The molecule has 0 aliphatic heterocycles. The third-order valence-electron chi connectivity index (χ3n) is 2.80. The van der Waals surface area contributed by atoms with Crippen LogP contribution < -0.4 is 11.1 Å². The van der Waals surface area contributed by atoms with E-state index in [4.69, 9.17) is 28.9 Å². The molecule has 1 rings (SSSR count). The van der Waals surface area contributed by atoms with Crippen molar-refractivity contribution < 1.29 is 4.79 Å². The molecule has 0 aliphatic carbocycles. The highest BCUT2D eigenvalue weighted by atomic mass is 35.5. The van der Waals surface area contributed by atoms with Gasteiger partial charge in [-0.25, -0.2) is 0 Å². The molecule has 0 aromatic heterocycles. The standard InChI is InChI=1S/C14H20Cl2N2O.ClH/c1-9(2)6-10(8-17)18-14(19)7-11-12(15)4-3-5-13(11)16;/h3-5,9-10H,6-8,17H2,1-2H3,(H,18,19);1H. The molecule has 114 valence electrons. The summed E-state index contributed by atoms with van der Waals surface area (Å²) in [5.74, 6) is 0.379. The van der Waals surface area contributed by atoms with Crippen molar-refractivity contribution in [3.05, 3.63) is 33.8 Å². The van der Waals surface area contributed by atoms with Crippen LogP contribution in [0.2, 0.25) is 10.0 Å². The van der Waals surface area contributed by atoms with Gasteiger partial charge in [0.2, 0.25) is 5.91 Å². The molecule has 20 heavy (non-hydrogen) atoms. The van der Waals surface area contributed by atoms with Crippen molar-refractivity contribution in [2.75, 3.05) is 6.54 Å². The van der Waals surface area contributed by atoms with Crippen LogP contribution in [0.5, 0.6) is 0 Å². The zero-order valence-corrected chi connectivity index (χ0v) is 14.0. The number of nitrogens with one attached hydrogen (secondary N) is 1. The SMILES string of the molecule is CC(C)CC(CN)NC(=O)Cc1c(Cl)cccc1Cl.Cl. The lowest BCUT2D eigenvalue weighted by Gasteiger charge is -2.19. The van der Waals surface area contributed by atoms with Gasteiger partial charge in [0.25, 0.3) is 0 Å². The van der Waals surface area contributed by atoms with E-state index in [0.717, 1.165) is 6.42 Å². The summed E-state index contributed by atoms with van der Waals surface area (Å²) >= 11 is 12.1. The van der Waals surface area contributed by atoms with Gasteiger partial charge in [-0.05, 0) is 30.0 Å². The summed E-state index contributed by atoms with van der Waals surface area (Å²) in [6, 6.07) is 5.21. The normalized spacial score (nSPS) is 11.9. The fraction of sp³-hybridized carbons (Fsp3) is 0.500. The van der Waals surface area contributed by atoms with Crippen LogP contribution in [0, 0.1) is 5.92 Å². The molecule has 6 heteroatoms. The lowest BCUT2D eigenvalue weighted by molar-refractivity contribution is -0.121. The van der Waals surface area contributed by atoms with E-state index in [-0.39, 0.29) is 30.8 Å². The molecule has 0 aliphatic rings. The zero-order chi connectivity index (χ0) is 14.4. The van der Waals surface area contributed by atoms with Gasteiger partial charge in [-0.3, -0.25) is 4.79 Å². The van der Waals surface area contributed by atoms with Gasteiger partial charge in [0, 0.05) is 22.6 Å². The van der Waals surface area contributed by atoms with Gasteiger partial charge in [0.1, 0.15) is 0 Å². The van der Waals surface area contributed by atoms with Crippen molar-refractivity contribution in [1.82, 2.24) is 5.32 Å². The highest BCUT2D eigenvalue weighted by molar-refractivity contribution is 6.36. The Morgan fingerprint density at radius 2 is 1.85 bits per heavy atom. The van der Waals surface area contributed by atoms with Crippen LogP contribution in [-0.4, -0.2) is 18.5 Å². The predicted octanol–water partition coefficient (Wildman–Crippen LogP) is 3.45. The van der Waals surface area contributed by atoms with E-state index in [0.29, 0.717) is 28.1 Å². The number of rotatable bonds is 6. The molecule has 1 aromatic carbocycles. The summed E-state index contributed by atoms with van der Waals surface area (Å²) in [6.45, 7) is 4.62. The Labute approximate surface area is 136 Å². The van der Waals surface area contributed by atoms with Crippen LogP contribution in [0.15, 0.2) is 18.2 Å². The molecule has 0 spiro atoms. The molecule has 0 bridgehead atoms. The topological polar surface area (TPSA) is 55.1 Å². The van der Waals surface area contributed by atoms with Crippen molar-refractivity contribution >= 4 is 41.5 Å². The Morgan fingerprint density at radius 1 is 1.30 bits per heavy atom. The van der Waals surface area contributed by atoms with Crippen LogP contribution in [0.25, 0.3) is 0 Å². The molecule has 1 aromatic rings. The lowest BCUT2D eigenvalue weighted by atomic mass is 10.0. The molecule has 1 unspecified atom stereocenters. The number of nitrogens with two attached hydrogens (primary N) is 1. The first-order chi connectivity index (χ1) is 8.93. The Kier molecular flexibility index (Phi) is 9.23. The molecule has 0 heterocycles. The number of halogens is 3. The molecule has 1 atom stereocenters. The van der Waals surface area contributed by atoms with Crippen LogP contribution >= 0.6 is 35.6 Å². The Bertz CT molecular complexity index is 418. The van der Waals surface area contributed by atoms with Gasteiger partial charge < -0.3 is 11.1 Å². The minimum Gasteiger partial charge on any atom is -0.352 e. The third kappa shape index (κ3) is 6.31. The molecule has 0 saturated carbocycles. The summed E-state index contributed by atoms with van der Waals surface area (Å²) in [7, 11) is 0. The second-order valence-electron chi connectivity index (χ2n) is 5.01. The van der Waals surface area contributed by atoms with E-state index in [2.05, 4.69) is 19.2 Å². The smallest absolute Gasteiger partial charge is 0.224 e. The second kappa shape index (κ2) is 9.46.